The van der Waals surface area contributed by atoms with E-state index < -0.39 is 11.9 Å². The minimum atomic E-state index is -0.948. The second kappa shape index (κ2) is 8.14. The van der Waals surface area contributed by atoms with Crippen LogP contribution in [0.15, 0.2) is 23.6 Å². The topological polar surface area (TPSA) is 109 Å². The Labute approximate surface area is 156 Å². The molecule has 2 aromatic rings. The fourth-order valence-electron chi connectivity index (χ4n) is 2.68. The van der Waals surface area contributed by atoms with Gasteiger partial charge in [-0.1, -0.05) is 25.1 Å². The Kier molecular flexibility index (Phi) is 6.15. The summed E-state index contributed by atoms with van der Waals surface area (Å²) in [4.78, 5) is 34.9. The summed E-state index contributed by atoms with van der Waals surface area (Å²) in [6.45, 7) is 5.69. The number of hydrogen-bond donors (Lipinski definition) is 3. The molecule has 1 aromatic heterocycles. The van der Waals surface area contributed by atoms with Crippen LogP contribution in [0.1, 0.15) is 41.3 Å². The van der Waals surface area contributed by atoms with Crippen molar-refractivity contribution in [2.24, 2.45) is 11.7 Å². The van der Waals surface area contributed by atoms with Crippen LogP contribution < -0.4 is 11.1 Å². The predicted molar refractivity (Wildman–Crippen MR) is 102 cm³/mol. The van der Waals surface area contributed by atoms with E-state index in [0.717, 1.165) is 16.7 Å². The largest absolute Gasteiger partial charge is 0.481 e. The summed E-state index contributed by atoms with van der Waals surface area (Å²) in [5.74, 6) is -2.21. The number of carboxylic acid groups (broad SMARTS) is 1. The molecule has 0 aliphatic carbocycles. The molecule has 2 amide bonds. The zero-order valence-corrected chi connectivity index (χ0v) is 15.8. The van der Waals surface area contributed by atoms with Crippen molar-refractivity contribution in [3.63, 3.8) is 0 Å². The Morgan fingerprint density at radius 2 is 1.88 bits per heavy atom. The van der Waals surface area contributed by atoms with E-state index in [9.17, 15) is 14.4 Å². The molecular formula is C19H22N2O4S. The highest BCUT2D eigenvalue weighted by Crippen LogP contribution is 2.36. The normalized spacial score (nSPS) is 11.8. The highest BCUT2D eigenvalue weighted by molar-refractivity contribution is 7.15. The summed E-state index contributed by atoms with van der Waals surface area (Å²) in [5, 5.41) is 13.7. The Hall–Kier alpha value is -2.67. The third-order valence-corrected chi connectivity index (χ3v) is 5.06. The first-order chi connectivity index (χ1) is 12.2. The van der Waals surface area contributed by atoms with Gasteiger partial charge < -0.3 is 16.2 Å². The standard InChI is InChI=1S/C19H22N2O4S/c1-10(7-16(23)24)6-15(22)21-19-17(18(20)25)14(9-26-19)13-5-4-11(2)12(3)8-13/h4-5,8-10H,6-7H2,1-3H3,(H2,20,25)(H,21,22)(H,23,24)/t10-/m0/s1. The molecule has 0 saturated carbocycles. The molecule has 4 N–H and O–H groups in total. The molecule has 0 spiro atoms. The number of rotatable bonds is 7. The number of carboxylic acids is 1. The molecule has 0 unspecified atom stereocenters. The molecule has 2 rings (SSSR count). The molecule has 0 fully saturated rings. The van der Waals surface area contributed by atoms with Crippen LogP contribution in [0.25, 0.3) is 11.1 Å². The molecule has 0 radical (unpaired) electrons. The van der Waals surface area contributed by atoms with Crippen molar-refractivity contribution in [2.45, 2.75) is 33.6 Å². The first kappa shape index (κ1) is 19.7. The van der Waals surface area contributed by atoms with Gasteiger partial charge >= 0.3 is 5.97 Å². The number of hydrogen-bond acceptors (Lipinski definition) is 4. The van der Waals surface area contributed by atoms with Crippen LogP contribution >= 0.6 is 11.3 Å². The Morgan fingerprint density at radius 3 is 2.46 bits per heavy atom. The lowest BCUT2D eigenvalue weighted by atomic mass is 9.99. The van der Waals surface area contributed by atoms with Crippen molar-refractivity contribution in [2.75, 3.05) is 5.32 Å². The van der Waals surface area contributed by atoms with Gasteiger partial charge in [0.2, 0.25) is 5.91 Å². The highest BCUT2D eigenvalue weighted by atomic mass is 32.1. The third kappa shape index (κ3) is 4.70. The number of thiophene rings is 1. The highest BCUT2D eigenvalue weighted by Gasteiger charge is 2.21. The summed E-state index contributed by atoms with van der Waals surface area (Å²) >= 11 is 1.23. The quantitative estimate of drug-likeness (QED) is 0.688. The minimum Gasteiger partial charge on any atom is -0.481 e. The number of primary amides is 1. The van der Waals surface area contributed by atoms with Crippen LogP contribution in [0, 0.1) is 19.8 Å². The summed E-state index contributed by atoms with van der Waals surface area (Å²) in [6, 6.07) is 5.86. The zero-order valence-electron chi connectivity index (χ0n) is 15.0. The maximum absolute atomic E-state index is 12.2. The Bertz CT molecular complexity index is 857. The molecule has 7 heteroatoms. The van der Waals surface area contributed by atoms with Gasteiger partial charge in [-0.3, -0.25) is 14.4 Å². The molecule has 138 valence electrons. The fourth-order valence-corrected chi connectivity index (χ4v) is 3.67. The van der Waals surface area contributed by atoms with Gasteiger partial charge in [0.05, 0.1) is 5.56 Å². The van der Waals surface area contributed by atoms with Crippen LogP contribution in [0.4, 0.5) is 5.00 Å². The van der Waals surface area contributed by atoms with E-state index in [1.54, 1.807) is 12.3 Å². The molecular weight excluding hydrogens is 352 g/mol. The van der Waals surface area contributed by atoms with Crippen molar-refractivity contribution < 1.29 is 19.5 Å². The molecule has 0 aliphatic heterocycles. The number of nitrogens with one attached hydrogen (secondary N) is 1. The minimum absolute atomic E-state index is 0.0569. The molecule has 1 heterocycles. The lowest BCUT2D eigenvalue weighted by Gasteiger charge is -2.10. The number of carbonyl (C=O) groups is 3. The molecule has 0 aliphatic rings. The number of amides is 2. The number of carbonyl (C=O) groups excluding carboxylic acids is 2. The smallest absolute Gasteiger partial charge is 0.303 e. The molecule has 0 bridgehead atoms. The lowest BCUT2D eigenvalue weighted by molar-refractivity contribution is -0.138. The van der Waals surface area contributed by atoms with Gasteiger partial charge in [-0.05, 0) is 36.5 Å². The summed E-state index contributed by atoms with van der Waals surface area (Å²) < 4.78 is 0. The van der Waals surface area contributed by atoms with Crippen molar-refractivity contribution in [1.29, 1.82) is 0 Å². The van der Waals surface area contributed by atoms with E-state index >= 15 is 0 Å². The van der Waals surface area contributed by atoms with Crippen LogP contribution in [0.3, 0.4) is 0 Å². The molecule has 1 atom stereocenters. The number of nitrogens with two attached hydrogens (primary N) is 1. The van der Waals surface area contributed by atoms with Crippen molar-refractivity contribution in [1.82, 2.24) is 0 Å². The monoisotopic (exact) mass is 374 g/mol. The van der Waals surface area contributed by atoms with Crippen molar-refractivity contribution >= 4 is 34.1 Å². The average Bonchev–Trinajstić information content (AvgIpc) is 2.92. The van der Waals surface area contributed by atoms with Crippen LogP contribution in [0.5, 0.6) is 0 Å². The second-order valence-corrected chi connectivity index (χ2v) is 7.35. The number of benzene rings is 1. The summed E-state index contributed by atoms with van der Waals surface area (Å²) in [7, 11) is 0. The Morgan fingerprint density at radius 1 is 1.19 bits per heavy atom. The van der Waals surface area contributed by atoms with Crippen molar-refractivity contribution in [3.05, 3.63) is 40.3 Å². The summed E-state index contributed by atoms with van der Waals surface area (Å²) in [5.41, 5.74) is 9.60. The predicted octanol–water partition coefficient (Wildman–Crippen LogP) is 3.57. The van der Waals surface area contributed by atoms with Gasteiger partial charge in [-0.15, -0.1) is 11.3 Å². The number of aliphatic carboxylic acids is 1. The van der Waals surface area contributed by atoms with Crippen molar-refractivity contribution in [3.8, 4) is 11.1 Å². The van der Waals surface area contributed by atoms with Gasteiger partial charge in [0.25, 0.3) is 5.91 Å². The van der Waals surface area contributed by atoms with Crippen LogP contribution in [0.2, 0.25) is 0 Å². The summed E-state index contributed by atoms with van der Waals surface area (Å²) in [6.07, 6.45) is -0.0319. The molecule has 26 heavy (non-hydrogen) atoms. The first-order valence-electron chi connectivity index (χ1n) is 8.19. The van der Waals surface area contributed by atoms with E-state index in [0.29, 0.717) is 10.6 Å². The number of anilines is 1. The maximum Gasteiger partial charge on any atom is 0.303 e. The van der Waals surface area contributed by atoms with E-state index in [1.165, 1.54) is 11.3 Å². The molecule has 0 saturated heterocycles. The first-order valence-corrected chi connectivity index (χ1v) is 9.07. The van der Waals surface area contributed by atoms with E-state index in [4.69, 9.17) is 10.8 Å². The van der Waals surface area contributed by atoms with Gasteiger partial charge in [-0.25, -0.2) is 0 Å². The van der Waals surface area contributed by atoms with Gasteiger partial charge in [0, 0.05) is 23.8 Å². The SMILES string of the molecule is Cc1ccc(-c2csc(NC(=O)C[C@H](C)CC(=O)O)c2C(N)=O)cc1C. The maximum atomic E-state index is 12.2. The van der Waals surface area contributed by atoms with E-state index in [2.05, 4.69) is 5.32 Å². The van der Waals surface area contributed by atoms with Gasteiger partial charge in [0.15, 0.2) is 0 Å². The van der Waals surface area contributed by atoms with E-state index in [1.807, 2.05) is 32.0 Å². The Balaban J connectivity index is 2.26. The zero-order chi connectivity index (χ0) is 19.4. The average molecular weight is 374 g/mol. The van der Waals surface area contributed by atoms with Crippen LogP contribution in [-0.2, 0) is 9.59 Å². The van der Waals surface area contributed by atoms with Gasteiger partial charge in [0.1, 0.15) is 5.00 Å². The van der Waals surface area contributed by atoms with Crippen LogP contribution in [-0.4, -0.2) is 22.9 Å². The number of aryl methyl sites for hydroxylation is 2. The molecule has 1 aromatic carbocycles. The fraction of sp³-hybridized carbons (Fsp3) is 0.316. The van der Waals surface area contributed by atoms with Gasteiger partial charge in [-0.2, -0.15) is 0 Å². The molecule has 6 nitrogen and oxygen atoms in total. The van der Waals surface area contributed by atoms with E-state index in [-0.39, 0.29) is 30.2 Å². The third-order valence-electron chi connectivity index (χ3n) is 4.17. The lowest BCUT2D eigenvalue weighted by Crippen LogP contribution is -2.19. The second-order valence-electron chi connectivity index (χ2n) is 6.47.